The van der Waals surface area contributed by atoms with Gasteiger partial charge in [-0.15, -0.1) is 0 Å². The van der Waals surface area contributed by atoms with Crippen molar-refractivity contribution in [3.05, 3.63) is 231 Å². The van der Waals surface area contributed by atoms with Crippen LogP contribution in [0.2, 0.25) is 0 Å². The van der Waals surface area contributed by atoms with Crippen LogP contribution in [-0.2, 0) is 0 Å². The first-order chi connectivity index (χ1) is 28.3. The molecule has 0 radical (unpaired) electrons. The van der Waals surface area contributed by atoms with Crippen molar-refractivity contribution >= 4 is 72.4 Å². The van der Waals surface area contributed by atoms with Gasteiger partial charge in [0.15, 0.2) is 8.07 Å². The summed E-state index contributed by atoms with van der Waals surface area (Å²) in [5, 5.41) is 10.5. The highest BCUT2D eigenvalue weighted by atomic mass is 28.3. The fourth-order valence-electron chi connectivity index (χ4n) is 9.38. The van der Waals surface area contributed by atoms with Gasteiger partial charge in [0.1, 0.15) is 0 Å². The van der Waals surface area contributed by atoms with Gasteiger partial charge < -0.3 is 9.13 Å². The smallest absolute Gasteiger partial charge is 0.179 e. The van der Waals surface area contributed by atoms with Crippen LogP contribution in [0.5, 0.6) is 0 Å². The molecule has 0 bridgehead atoms. The summed E-state index contributed by atoms with van der Waals surface area (Å²) in [5.41, 5.74) is 9.54. The lowest BCUT2D eigenvalue weighted by Crippen LogP contribution is -2.74. The SMILES string of the molecule is c1ccc(-n2c3ccc(-c4cccc([Si](c5ccccc5)(c5ccccc5)c5ccccc5)c4)cc3c3cc(-n4c5ccccc5c5ccccc54)ccc32)cc1. The molecule has 57 heavy (non-hydrogen) atoms. The number of hydrogen-bond donors (Lipinski definition) is 0. The van der Waals surface area contributed by atoms with Crippen LogP contribution < -0.4 is 20.7 Å². The Morgan fingerprint density at radius 2 is 0.667 bits per heavy atom. The van der Waals surface area contributed by atoms with E-state index >= 15 is 0 Å². The van der Waals surface area contributed by atoms with E-state index in [0.717, 1.165) is 11.4 Å². The van der Waals surface area contributed by atoms with Crippen molar-refractivity contribution in [3.8, 4) is 22.5 Å². The van der Waals surface area contributed by atoms with Crippen molar-refractivity contribution in [3.63, 3.8) is 0 Å². The first-order valence-electron chi connectivity index (χ1n) is 19.7. The maximum atomic E-state index is 2.47. The van der Waals surface area contributed by atoms with Gasteiger partial charge in [0, 0.05) is 32.9 Å². The second-order valence-corrected chi connectivity index (χ2v) is 18.7. The molecule has 268 valence electrons. The van der Waals surface area contributed by atoms with Crippen LogP contribution >= 0.6 is 0 Å². The van der Waals surface area contributed by atoms with E-state index in [9.17, 15) is 0 Å². The second-order valence-electron chi connectivity index (χ2n) is 14.9. The third-order valence-electron chi connectivity index (χ3n) is 11.9. The Balaban J connectivity index is 1.15. The first kappa shape index (κ1) is 33.2. The highest BCUT2D eigenvalue weighted by Crippen LogP contribution is 2.38. The third-order valence-corrected chi connectivity index (χ3v) is 16.6. The molecule has 2 heterocycles. The third kappa shape index (κ3) is 5.24. The van der Waals surface area contributed by atoms with E-state index in [4.69, 9.17) is 0 Å². The summed E-state index contributed by atoms with van der Waals surface area (Å²) >= 11 is 0. The van der Waals surface area contributed by atoms with Crippen LogP contribution in [0.15, 0.2) is 231 Å². The summed E-state index contributed by atoms with van der Waals surface area (Å²) in [6.45, 7) is 0. The number of fused-ring (bicyclic) bond motifs is 6. The zero-order valence-corrected chi connectivity index (χ0v) is 32.3. The van der Waals surface area contributed by atoms with Crippen molar-refractivity contribution in [2.24, 2.45) is 0 Å². The molecule has 2 aromatic heterocycles. The summed E-state index contributed by atoms with van der Waals surface area (Å²) in [6.07, 6.45) is 0. The van der Waals surface area contributed by atoms with Crippen LogP contribution in [-0.4, -0.2) is 17.2 Å². The molecular formula is C54H38N2Si. The van der Waals surface area contributed by atoms with Crippen LogP contribution in [0.4, 0.5) is 0 Å². The van der Waals surface area contributed by atoms with E-state index < -0.39 is 8.07 Å². The van der Waals surface area contributed by atoms with E-state index in [2.05, 4.69) is 240 Å². The predicted octanol–water partition coefficient (Wildman–Crippen LogP) is 10.9. The highest BCUT2D eigenvalue weighted by molar-refractivity contribution is 7.19. The van der Waals surface area contributed by atoms with E-state index in [1.165, 1.54) is 75.5 Å². The molecule has 0 aliphatic heterocycles. The Morgan fingerprint density at radius 1 is 0.246 bits per heavy atom. The van der Waals surface area contributed by atoms with Gasteiger partial charge in [-0.05, 0) is 86.5 Å². The number of para-hydroxylation sites is 3. The Bertz CT molecular complexity index is 3070. The van der Waals surface area contributed by atoms with Crippen LogP contribution in [0.1, 0.15) is 0 Å². The maximum absolute atomic E-state index is 2.69. The quantitative estimate of drug-likeness (QED) is 0.114. The Labute approximate surface area is 333 Å². The van der Waals surface area contributed by atoms with E-state index in [0.29, 0.717) is 0 Å². The summed E-state index contributed by atoms with van der Waals surface area (Å²) < 4.78 is 4.84. The monoisotopic (exact) mass is 742 g/mol. The van der Waals surface area contributed by atoms with Crippen LogP contribution in [0.3, 0.4) is 0 Å². The van der Waals surface area contributed by atoms with Crippen molar-refractivity contribution in [2.45, 2.75) is 0 Å². The Hall–Kier alpha value is -7.20. The van der Waals surface area contributed by atoms with Gasteiger partial charge in [0.25, 0.3) is 0 Å². The topological polar surface area (TPSA) is 9.86 Å². The zero-order valence-electron chi connectivity index (χ0n) is 31.3. The van der Waals surface area contributed by atoms with Crippen molar-refractivity contribution in [1.82, 2.24) is 9.13 Å². The van der Waals surface area contributed by atoms with Crippen LogP contribution in [0, 0.1) is 0 Å². The average molecular weight is 743 g/mol. The number of aromatic nitrogens is 2. The molecule has 0 saturated carbocycles. The van der Waals surface area contributed by atoms with E-state index in [-0.39, 0.29) is 0 Å². The maximum Gasteiger partial charge on any atom is 0.179 e. The number of rotatable bonds is 7. The lowest BCUT2D eigenvalue weighted by molar-refractivity contribution is 1.17. The fourth-order valence-corrected chi connectivity index (χ4v) is 14.2. The number of benzene rings is 9. The highest BCUT2D eigenvalue weighted by Gasteiger charge is 2.41. The molecule has 0 unspecified atom stereocenters. The molecule has 11 rings (SSSR count). The summed E-state index contributed by atoms with van der Waals surface area (Å²) in [4.78, 5) is 0. The molecule has 2 nitrogen and oxygen atoms in total. The Kier molecular flexibility index (Phi) is 7.87. The van der Waals surface area contributed by atoms with Crippen molar-refractivity contribution in [1.29, 1.82) is 0 Å². The normalized spacial score (nSPS) is 11.9. The lowest BCUT2D eigenvalue weighted by Gasteiger charge is -2.34. The second kappa shape index (κ2) is 13.5. The summed E-state index contributed by atoms with van der Waals surface area (Å²) in [7, 11) is -2.69. The molecule has 0 amide bonds. The van der Waals surface area contributed by atoms with Gasteiger partial charge in [-0.1, -0.05) is 176 Å². The summed E-state index contributed by atoms with van der Waals surface area (Å²) in [6, 6.07) is 85.2. The van der Waals surface area contributed by atoms with E-state index in [1.54, 1.807) is 0 Å². The van der Waals surface area contributed by atoms with Gasteiger partial charge >= 0.3 is 0 Å². The molecule has 11 aromatic rings. The predicted molar refractivity (Wildman–Crippen MR) is 244 cm³/mol. The molecule has 0 atom stereocenters. The van der Waals surface area contributed by atoms with Gasteiger partial charge in [-0.2, -0.15) is 0 Å². The standard InChI is InChI=1S/C54H38N2Si/c1-5-19-41(20-6-1)55-53-34-32-40(37-49(53)50-38-42(33-35-54(50)55)56-51-30-15-13-28-47(51)48-29-14-16-31-52(48)56)39-18-17-27-46(36-39)57(43-21-7-2-8-22-43,44-23-9-3-10-24-44)45-25-11-4-12-26-45/h1-38H. The molecule has 0 spiro atoms. The van der Waals surface area contributed by atoms with Crippen LogP contribution in [0.25, 0.3) is 66.1 Å². The molecular weight excluding hydrogens is 705 g/mol. The zero-order chi connectivity index (χ0) is 37.8. The molecule has 3 heteroatoms. The molecule has 0 aliphatic rings. The minimum Gasteiger partial charge on any atom is -0.309 e. The molecule has 0 aliphatic carbocycles. The molecule has 9 aromatic carbocycles. The van der Waals surface area contributed by atoms with Gasteiger partial charge in [-0.3, -0.25) is 0 Å². The Morgan fingerprint density at radius 3 is 1.25 bits per heavy atom. The largest absolute Gasteiger partial charge is 0.309 e. The van der Waals surface area contributed by atoms with Crippen molar-refractivity contribution < 1.29 is 0 Å². The van der Waals surface area contributed by atoms with Gasteiger partial charge in [-0.25, -0.2) is 0 Å². The molecule has 0 saturated heterocycles. The minimum atomic E-state index is -2.69. The number of hydrogen-bond acceptors (Lipinski definition) is 0. The fraction of sp³-hybridized carbons (Fsp3) is 0. The molecule has 0 fully saturated rings. The summed E-state index contributed by atoms with van der Waals surface area (Å²) in [5.74, 6) is 0. The minimum absolute atomic E-state index is 1.15. The van der Waals surface area contributed by atoms with Gasteiger partial charge in [0.05, 0.1) is 22.1 Å². The van der Waals surface area contributed by atoms with Gasteiger partial charge in [0.2, 0.25) is 0 Å². The lowest BCUT2D eigenvalue weighted by atomic mass is 10.0. The first-order valence-corrected chi connectivity index (χ1v) is 21.7. The molecule has 0 N–H and O–H groups in total. The number of nitrogens with zero attached hydrogens (tertiary/aromatic N) is 2. The van der Waals surface area contributed by atoms with E-state index in [1.807, 2.05) is 0 Å². The average Bonchev–Trinajstić information content (AvgIpc) is 3.80. The van der Waals surface area contributed by atoms with Crippen molar-refractivity contribution in [2.75, 3.05) is 0 Å².